The molecule has 0 amide bonds. The molecule has 0 bridgehead atoms. The van der Waals surface area contributed by atoms with Crippen LogP contribution in [0.4, 0.5) is 0 Å². The fourth-order valence-corrected chi connectivity index (χ4v) is 2.13. The van der Waals surface area contributed by atoms with Gasteiger partial charge in [0.1, 0.15) is 0 Å². The predicted octanol–water partition coefficient (Wildman–Crippen LogP) is 4.23. The molecule has 2 heteroatoms. The van der Waals surface area contributed by atoms with E-state index in [1.165, 1.54) is 56.1 Å². The Morgan fingerprint density at radius 3 is 2.50 bits per heavy atom. The number of rotatable bonds is 10. The summed E-state index contributed by atoms with van der Waals surface area (Å²) < 4.78 is 0. The number of nitrogens with one attached hydrogen (secondary N) is 1. The third-order valence-electron chi connectivity index (χ3n) is 3.41. The first-order valence-corrected chi connectivity index (χ1v) is 7.44. The Kier molecular flexibility index (Phi) is 8.49. The van der Waals surface area contributed by atoms with E-state index in [2.05, 4.69) is 30.2 Å². The van der Waals surface area contributed by atoms with Crippen LogP contribution < -0.4 is 5.32 Å². The van der Waals surface area contributed by atoms with Crippen molar-refractivity contribution in [1.29, 1.82) is 0 Å². The van der Waals surface area contributed by atoms with Gasteiger partial charge in [-0.3, -0.25) is 4.98 Å². The largest absolute Gasteiger partial charge is 0.313 e. The van der Waals surface area contributed by atoms with Gasteiger partial charge in [0.25, 0.3) is 0 Å². The van der Waals surface area contributed by atoms with E-state index in [1.807, 2.05) is 12.4 Å². The minimum atomic E-state index is 0.976. The maximum Gasteiger partial charge on any atom is 0.0300 e. The number of hydrogen-bond donors (Lipinski definition) is 1. The van der Waals surface area contributed by atoms with Crippen molar-refractivity contribution in [3.05, 3.63) is 29.6 Å². The zero-order valence-corrected chi connectivity index (χ0v) is 12.0. The molecule has 0 spiro atoms. The van der Waals surface area contributed by atoms with Crippen molar-refractivity contribution in [3.8, 4) is 0 Å². The highest BCUT2D eigenvalue weighted by molar-refractivity contribution is 5.20. The molecule has 0 aliphatic rings. The van der Waals surface area contributed by atoms with Gasteiger partial charge in [-0.1, -0.05) is 45.4 Å². The summed E-state index contributed by atoms with van der Waals surface area (Å²) in [7, 11) is 0. The first kappa shape index (κ1) is 15.2. The Morgan fingerprint density at radius 2 is 1.78 bits per heavy atom. The highest BCUT2D eigenvalue weighted by Gasteiger charge is 1.96. The molecule has 0 saturated heterocycles. The van der Waals surface area contributed by atoms with E-state index in [9.17, 15) is 0 Å². The molecule has 0 aromatic carbocycles. The van der Waals surface area contributed by atoms with Crippen LogP contribution in [0.25, 0.3) is 0 Å². The average Bonchev–Trinajstić information content (AvgIpc) is 2.39. The number of nitrogens with zero attached hydrogens (tertiary/aromatic N) is 1. The molecule has 1 N–H and O–H groups in total. The summed E-state index contributed by atoms with van der Waals surface area (Å²) in [5, 5.41) is 3.52. The summed E-state index contributed by atoms with van der Waals surface area (Å²) in [6, 6.07) is 2.10. The van der Waals surface area contributed by atoms with Crippen LogP contribution >= 0.6 is 0 Å². The predicted molar refractivity (Wildman–Crippen MR) is 78.7 cm³/mol. The molecule has 0 unspecified atom stereocenters. The van der Waals surface area contributed by atoms with Gasteiger partial charge in [-0.15, -0.1) is 0 Å². The van der Waals surface area contributed by atoms with Gasteiger partial charge in [0, 0.05) is 18.9 Å². The Labute approximate surface area is 112 Å². The molecule has 0 aliphatic carbocycles. The molecule has 0 aliphatic heterocycles. The molecule has 102 valence electrons. The average molecular weight is 248 g/mol. The van der Waals surface area contributed by atoms with E-state index in [0.29, 0.717) is 0 Å². The van der Waals surface area contributed by atoms with Gasteiger partial charge in [0.2, 0.25) is 0 Å². The maximum absolute atomic E-state index is 4.11. The SMILES string of the molecule is CCCCCCCCCNCc1ccncc1C. The second-order valence-electron chi connectivity index (χ2n) is 5.10. The molecule has 0 atom stereocenters. The van der Waals surface area contributed by atoms with Crippen molar-refractivity contribution < 1.29 is 0 Å². The van der Waals surface area contributed by atoms with Gasteiger partial charge in [-0.2, -0.15) is 0 Å². The van der Waals surface area contributed by atoms with E-state index in [1.54, 1.807) is 0 Å². The monoisotopic (exact) mass is 248 g/mol. The lowest BCUT2D eigenvalue weighted by atomic mass is 10.1. The molecule has 1 aromatic rings. The Bertz CT molecular complexity index is 310. The van der Waals surface area contributed by atoms with Crippen LogP contribution in [0.2, 0.25) is 0 Å². The lowest BCUT2D eigenvalue weighted by Gasteiger charge is -2.07. The van der Waals surface area contributed by atoms with E-state index in [-0.39, 0.29) is 0 Å². The van der Waals surface area contributed by atoms with Gasteiger partial charge in [-0.05, 0) is 37.1 Å². The second kappa shape index (κ2) is 10.1. The zero-order valence-electron chi connectivity index (χ0n) is 12.0. The van der Waals surface area contributed by atoms with Crippen molar-refractivity contribution >= 4 is 0 Å². The Hall–Kier alpha value is -0.890. The van der Waals surface area contributed by atoms with Crippen LogP contribution in [0.3, 0.4) is 0 Å². The van der Waals surface area contributed by atoms with Crippen LogP contribution in [0.1, 0.15) is 63.0 Å². The van der Waals surface area contributed by atoms with Crippen molar-refractivity contribution in [3.63, 3.8) is 0 Å². The summed E-state index contributed by atoms with van der Waals surface area (Å²) in [6.45, 7) is 6.50. The second-order valence-corrected chi connectivity index (χ2v) is 5.10. The number of pyridine rings is 1. The molecule has 1 heterocycles. The Morgan fingerprint density at radius 1 is 1.06 bits per heavy atom. The Balaban J connectivity index is 1.94. The summed E-state index contributed by atoms with van der Waals surface area (Å²) >= 11 is 0. The van der Waals surface area contributed by atoms with Crippen molar-refractivity contribution in [2.24, 2.45) is 0 Å². The topological polar surface area (TPSA) is 24.9 Å². The molecule has 2 nitrogen and oxygen atoms in total. The fourth-order valence-electron chi connectivity index (χ4n) is 2.13. The molecular weight excluding hydrogens is 220 g/mol. The molecule has 0 saturated carbocycles. The van der Waals surface area contributed by atoms with Gasteiger partial charge in [0.15, 0.2) is 0 Å². The van der Waals surface area contributed by atoms with E-state index >= 15 is 0 Å². The van der Waals surface area contributed by atoms with Crippen LogP contribution in [-0.4, -0.2) is 11.5 Å². The highest BCUT2D eigenvalue weighted by atomic mass is 14.8. The van der Waals surface area contributed by atoms with E-state index < -0.39 is 0 Å². The lowest BCUT2D eigenvalue weighted by Crippen LogP contribution is -2.15. The van der Waals surface area contributed by atoms with Gasteiger partial charge < -0.3 is 5.32 Å². The van der Waals surface area contributed by atoms with E-state index in [0.717, 1.165) is 13.1 Å². The lowest BCUT2D eigenvalue weighted by molar-refractivity contribution is 0.562. The van der Waals surface area contributed by atoms with E-state index in [4.69, 9.17) is 0 Å². The summed E-state index contributed by atoms with van der Waals surface area (Å²) in [5.41, 5.74) is 2.65. The quantitative estimate of drug-likeness (QED) is 0.627. The minimum absolute atomic E-state index is 0.976. The number of hydrogen-bond acceptors (Lipinski definition) is 2. The van der Waals surface area contributed by atoms with Crippen molar-refractivity contribution in [1.82, 2.24) is 10.3 Å². The molecule has 18 heavy (non-hydrogen) atoms. The fraction of sp³-hybridized carbons (Fsp3) is 0.688. The van der Waals surface area contributed by atoms with Crippen LogP contribution in [0.15, 0.2) is 18.5 Å². The number of unbranched alkanes of at least 4 members (excludes halogenated alkanes) is 6. The van der Waals surface area contributed by atoms with Gasteiger partial charge >= 0.3 is 0 Å². The van der Waals surface area contributed by atoms with Gasteiger partial charge in [-0.25, -0.2) is 0 Å². The van der Waals surface area contributed by atoms with Crippen LogP contribution in [0.5, 0.6) is 0 Å². The third-order valence-corrected chi connectivity index (χ3v) is 3.41. The zero-order chi connectivity index (χ0) is 13.1. The molecule has 0 radical (unpaired) electrons. The maximum atomic E-state index is 4.11. The van der Waals surface area contributed by atoms with Crippen molar-refractivity contribution in [2.45, 2.75) is 65.3 Å². The summed E-state index contributed by atoms with van der Waals surface area (Å²) in [5.74, 6) is 0. The molecule has 1 aromatic heterocycles. The summed E-state index contributed by atoms with van der Waals surface area (Å²) in [4.78, 5) is 4.11. The first-order chi connectivity index (χ1) is 8.84. The van der Waals surface area contributed by atoms with Crippen LogP contribution in [0, 0.1) is 6.92 Å². The molecule has 1 rings (SSSR count). The summed E-state index contributed by atoms with van der Waals surface area (Å²) in [6.07, 6.45) is 13.4. The molecule has 0 fully saturated rings. The normalized spacial score (nSPS) is 10.8. The minimum Gasteiger partial charge on any atom is -0.313 e. The van der Waals surface area contributed by atoms with Gasteiger partial charge in [0.05, 0.1) is 0 Å². The number of aryl methyl sites for hydroxylation is 1. The number of aromatic nitrogens is 1. The standard InChI is InChI=1S/C16H28N2/c1-3-4-5-6-7-8-9-11-17-14-16-10-12-18-13-15(16)2/h10,12-13,17H,3-9,11,14H2,1-2H3. The smallest absolute Gasteiger partial charge is 0.0300 e. The van der Waals surface area contributed by atoms with Crippen molar-refractivity contribution in [2.75, 3.05) is 6.54 Å². The van der Waals surface area contributed by atoms with Crippen LogP contribution in [-0.2, 0) is 6.54 Å². The third kappa shape index (κ3) is 6.75. The highest BCUT2D eigenvalue weighted by Crippen LogP contribution is 2.07. The molecular formula is C16H28N2. The first-order valence-electron chi connectivity index (χ1n) is 7.44.